The van der Waals surface area contributed by atoms with Crippen LogP contribution in [0.15, 0.2) is 6.20 Å². The van der Waals surface area contributed by atoms with Crippen LogP contribution in [0.1, 0.15) is 26.3 Å². The number of ether oxygens (including phenoxy) is 1. The lowest BCUT2D eigenvalue weighted by atomic mass is 9.89. The molecule has 0 spiro atoms. The quantitative estimate of drug-likeness (QED) is 0.745. The van der Waals surface area contributed by atoms with Gasteiger partial charge in [-0.15, -0.1) is 0 Å². The molecule has 0 aromatic carbocycles. The first-order chi connectivity index (χ1) is 6.46. The third kappa shape index (κ3) is 2.32. The highest BCUT2D eigenvalue weighted by atomic mass is 19.1. The highest BCUT2D eigenvalue weighted by Gasteiger charge is 2.22. The Labute approximate surface area is 83.9 Å². The fourth-order valence-corrected chi connectivity index (χ4v) is 1.21. The van der Waals surface area contributed by atoms with Gasteiger partial charge in [-0.2, -0.15) is 9.49 Å². The van der Waals surface area contributed by atoms with E-state index in [2.05, 4.69) is 5.10 Å². The summed E-state index contributed by atoms with van der Waals surface area (Å²) >= 11 is 0. The van der Waals surface area contributed by atoms with Gasteiger partial charge >= 0.3 is 0 Å². The summed E-state index contributed by atoms with van der Waals surface area (Å²) in [5.41, 5.74) is 0.448. The van der Waals surface area contributed by atoms with Crippen LogP contribution in [0, 0.1) is 5.95 Å². The Kier molecular flexibility index (Phi) is 3.26. The van der Waals surface area contributed by atoms with Crippen LogP contribution in [0.3, 0.4) is 0 Å². The lowest BCUT2D eigenvalue weighted by Gasteiger charge is -2.15. The fraction of sp³-hybridized carbons (Fsp3) is 0.700. The summed E-state index contributed by atoms with van der Waals surface area (Å²) in [6.07, 6.45) is 1.59. The van der Waals surface area contributed by atoms with E-state index in [0.717, 1.165) is 0 Å². The molecule has 0 amide bonds. The van der Waals surface area contributed by atoms with Gasteiger partial charge in [0, 0.05) is 12.7 Å². The van der Waals surface area contributed by atoms with Crippen molar-refractivity contribution in [1.29, 1.82) is 0 Å². The molecule has 80 valence electrons. The van der Waals surface area contributed by atoms with Gasteiger partial charge < -0.3 is 4.74 Å². The number of methoxy groups -OCH3 is 1. The molecule has 0 aliphatic rings. The van der Waals surface area contributed by atoms with E-state index in [1.807, 2.05) is 20.8 Å². The summed E-state index contributed by atoms with van der Waals surface area (Å²) in [6.45, 7) is 6.83. The van der Waals surface area contributed by atoms with Gasteiger partial charge in [0.05, 0.1) is 19.3 Å². The third-order valence-electron chi connectivity index (χ3n) is 2.09. The zero-order valence-electron chi connectivity index (χ0n) is 9.17. The van der Waals surface area contributed by atoms with Crippen molar-refractivity contribution in [3.8, 4) is 0 Å². The van der Waals surface area contributed by atoms with Gasteiger partial charge in [-0.3, -0.25) is 0 Å². The van der Waals surface area contributed by atoms with E-state index < -0.39 is 0 Å². The molecule has 0 fully saturated rings. The second kappa shape index (κ2) is 4.09. The van der Waals surface area contributed by atoms with Crippen molar-refractivity contribution < 1.29 is 9.13 Å². The predicted octanol–water partition coefficient (Wildman–Crippen LogP) is 1.97. The summed E-state index contributed by atoms with van der Waals surface area (Å²) in [5, 5.41) is 3.98. The maximum Gasteiger partial charge on any atom is 0.215 e. The monoisotopic (exact) mass is 200 g/mol. The first kappa shape index (κ1) is 11.2. The minimum absolute atomic E-state index is 0.199. The first-order valence-corrected chi connectivity index (χ1v) is 4.67. The maximum absolute atomic E-state index is 13.7. The van der Waals surface area contributed by atoms with Crippen LogP contribution in [0.2, 0.25) is 0 Å². The molecule has 1 aromatic rings. The maximum atomic E-state index is 13.7. The van der Waals surface area contributed by atoms with Crippen molar-refractivity contribution in [2.45, 2.75) is 32.7 Å². The lowest BCUT2D eigenvalue weighted by Crippen LogP contribution is -2.14. The molecule has 0 saturated heterocycles. The van der Waals surface area contributed by atoms with Crippen molar-refractivity contribution in [3.63, 3.8) is 0 Å². The predicted molar refractivity (Wildman–Crippen MR) is 52.8 cm³/mol. The number of rotatable bonds is 3. The minimum Gasteiger partial charge on any atom is -0.383 e. The van der Waals surface area contributed by atoms with Crippen LogP contribution in [0.5, 0.6) is 0 Å². The molecule has 1 rings (SSSR count). The lowest BCUT2D eigenvalue weighted by molar-refractivity contribution is 0.178. The van der Waals surface area contributed by atoms with E-state index >= 15 is 0 Å². The fourth-order valence-electron chi connectivity index (χ4n) is 1.21. The molecule has 4 heteroatoms. The second-order valence-corrected chi connectivity index (χ2v) is 4.31. The average Bonchev–Trinajstić information content (AvgIpc) is 2.42. The van der Waals surface area contributed by atoms with Gasteiger partial charge in [0.1, 0.15) is 0 Å². The molecule has 0 aliphatic carbocycles. The minimum atomic E-state index is -0.255. The highest BCUT2D eigenvalue weighted by Crippen LogP contribution is 2.24. The number of hydrogen-bond donors (Lipinski definition) is 0. The Morgan fingerprint density at radius 3 is 2.57 bits per heavy atom. The SMILES string of the molecule is COCCn1ncc(C(C)(C)C)c1F. The second-order valence-electron chi connectivity index (χ2n) is 4.31. The van der Waals surface area contributed by atoms with Crippen molar-refractivity contribution >= 4 is 0 Å². The largest absolute Gasteiger partial charge is 0.383 e. The molecule has 0 bridgehead atoms. The van der Waals surface area contributed by atoms with E-state index in [-0.39, 0.29) is 11.4 Å². The van der Waals surface area contributed by atoms with E-state index in [4.69, 9.17) is 4.74 Å². The van der Waals surface area contributed by atoms with Gasteiger partial charge in [0.15, 0.2) is 0 Å². The molecule has 3 nitrogen and oxygen atoms in total. The Hall–Kier alpha value is -0.900. The Bertz CT molecular complexity index is 302. The van der Waals surface area contributed by atoms with Gasteiger partial charge in [0.25, 0.3) is 0 Å². The van der Waals surface area contributed by atoms with Crippen molar-refractivity contribution in [3.05, 3.63) is 17.7 Å². The van der Waals surface area contributed by atoms with E-state index in [1.165, 1.54) is 4.68 Å². The van der Waals surface area contributed by atoms with Crippen LogP contribution >= 0.6 is 0 Å². The van der Waals surface area contributed by atoms with Crippen LogP contribution in [0.25, 0.3) is 0 Å². The molecule has 0 N–H and O–H groups in total. The van der Waals surface area contributed by atoms with E-state index in [1.54, 1.807) is 13.3 Å². The van der Waals surface area contributed by atoms with Crippen LogP contribution in [-0.2, 0) is 16.7 Å². The zero-order valence-corrected chi connectivity index (χ0v) is 9.17. The topological polar surface area (TPSA) is 27.1 Å². The number of nitrogens with zero attached hydrogens (tertiary/aromatic N) is 2. The number of hydrogen-bond acceptors (Lipinski definition) is 2. The molecule has 1 heterocycles. The van der Waals surface area contributed by atoms with Crippen LogP contribution in [0.4, 0.5) is 4.39 Å². The van der Waals surface area contributed by atoms with Gasteiger partial charge in [-0.05, 0) is 5.41 Å². The molecule has 1 aromatic heterocycles. The molecule has 0 saturated carbocycles. The zero-order chi connectivity index (χ0) is 10.8. The van der Waals surface area contributed by atoms with Crippen LogP contribution < -0.4 is 0 Å². The Balaban J connectivity index is 2.86. The third-order valence-corrected chi connectivity index (χ3v) is 2.09. The van der Waals surface area contributed by atoms with Gasteiger partial charge in [-0.1, -0.05) is 20.8 Å². The normalized spacial score (nSPS) is 12.1. The molecular formula is C10H17FN2O. The Morgan fingerprint density at radius 2 is 2.14 bits per heavy atom. The van der Waals surface area contributed by atoms with Crippen molar-refractivity contribution in [2.75, 3.05) is 13.7 Å². The van der Waals surface area contributed by atoms with E-state index in [0.29, 0.717) is 18.7 Å². The molecule has 0 unspecified atom stereocenters. The summed E-state index contributed by atoms with van der Waals surface area (Å²) in [5.74, 6) is -0.255. The van der Waals surface area contributed by atoms with E-state index in [9.17, 15) is 4.39 Å². The molecule has 14 heavy (non-hydrogen) atoms. The standard InChI is InChI=1S/C10H17FN2O/c1-10(2,3)8-7-12-13(9(8)11)5-6-14-4/h7H,5-6H2,1-4H3. The molecule has 0 aliphatic heterocycles. The smallest absolute Gasteiger partial charge is 0.215 e. The highest BCUT2D eigenvalue weighted by molar-refractivity contribution is 5.17. The van der Waals surface area contributed by atoms with Crippen LogP contribution in [-0.4, -0.2) is 23.5 Å². The van der Waals surface area contributed by atoms with Gasteiger partial charge in [-0.25, -0.2) is 4.68 Å². The number of halogens is 1. The molecular weight excluding hydrogens is 183 g/mol. The molecule has 0 radical (unpaired) electrons. The summed E-state index contributed by atoms with van der Waals surface area (Å²) in [6, 6.07) is 0. The Morgan fingerprint density at radius 1 is 1.50 bits per heavy atom. The molecule has 0 atom stereocenters. The van der Waals surface area contributed by atoms with Gasteiger partial charge in [0.2, 0.25) is 5.95 Å². The average molecular weight is 200 g/mol. The van der Waals surface area contributed by atoms with Crippen molar-refractivity contribution in [2.24, 2.45) is 0 Å². The summed E-state index contributed by atoms with van der Waals surface area (Å²) < 4.78 is 19.9. The number of aromatic nitrogens is 2. The van der Waals surface area contributed by atoms with Crippen molar-refractivity contribution in [1.82, 2.24) is 9.78 Å². The summed E-state index contributed by atoms with van der Waals surface area (Å²) in [7, 11) is 1.59. The summed E-state index contributed by atoms with van der Waals surface area (Å²) in [4.78, 5) is 0. The first-order valence-electron chi connectivity index (χ1n) is 4.67.